The molecule has 3 N–H and O–H groups in total. The Morgan fingerprint density at radius 3 is 2.50 bits per heavy atom. The number of hydrogen-bond acceptors (Lipinski definition) is 9. The second-order valence-electron chi connectivity index (χ2n) is 10.2. The molecule has 3 heterocycles. The maximum absolute atomic E-state index is 13.2. The van der Waals surface area contributed by atoms with Gasteiger partial charge >= 0.3 is 0 Å². The van der Waals surface area contributed by atoms with Gasteiger partial charge in [0.15, 0.2) is 5.76 Å². The Hall–Kier alpha value is -4.44. The van der Waals surface area contributed by atoms with Crippen molar-refractivity contribution in [1.29, 1.82) is 0 Å². The predicted molar refractivity (Wildman–Crippen MR) is 147 cm³/mol. The summed E-state index contributed by atoms with van der Waals surface area (Å²) in [7, 11) is 0. The molecule has 0 radical (unpaired) electrons. The summed E-state index contributed by atoms with van der Waals surface area (Å²) in [5.74, 6) is 0.461. The standard InChI is InChI=1S/C30H32N4O6/c1-20-17-24(36)27(38)28(39-20)30(12-15-34(16-13-30)19-21-7-3-2-4-8-21)18-25(37)31-14-11-26-32-33-29(40-26)22-9-5-6-10-23(22)35/h2-10,17,35,38H,11-16,18-19H2,1H3,(H,31,37). The largest absolute Gasteiger partial charge is 0.507 e. The summed E-state index contributed by atoms with van der Waals surface area (Å²) >= 11 is 0. The second-order valence-corrected chi connectivity index (χ2v) is 10.2. The number of carbonyl (C=O) groups excluding carboxylic acids is 1. The van der Waals surface area contributed by atoms with Crippen molar-refractivity contribution in [2.75, 3.05) is 19.6 Å². The van der Waals surface area contributed by atoms with Crippen LogP contribution in [0.5, 0.6) is 11.5 Å². The number of hydrogen-bond donors (Lipinski definition) is 3. The monoisotopic (exact) mass is 544 g/mol. The number of aryl methyl sites for hydroxylation is 1. The van der Waals surface area contributed by atoms with Crippen molar-refractivity contribution in [2.45, 2.75) is 44.6 Å². The minimum atomic E-state index is -0.824. The molecule has 1 fully saturated rings. The summed E-state index contributed by atoms with van der Waals surface area (Å²) in [4.78, 5) is 27.9. The van der Waals surface area contributed by atoms with Gasteiger partial charge in [-0.15, -0.1) is 10.2 Å². The number of para-hydroxylation sites is 1. The molecular weight excluding hydrogens is 512 g/mol. The lowest BCUT2D eigenvalue weighted by molar-refractivity contribution is -0.123. The average Bonchev–Trinajstić information content (AvgIpc) is 3.41. The van der Waals surface area contributed by atoms with Crippen molar-refractivity contribution in [3.8, 4) is 23.0 Å². The van der Waals surface area contributed by atoms with Gasteiger partial charge in [-0.25, -0.2) is 0 Å². The molecule has 1 saturated heterocycles. The smallest absolute Gasteiger partial charge is 0.251 e. The molecule has 208 valence electrons. The minimum absolute atomic E-state index is 0.0390. The van der Waals surface area contributed by atoms with Crippen molar-refractivity contribution >= 4 is 5.91 Å². The van der Waals surface area contributed by atoms with Gasteiger partial charge in [0, 0.05) is 37.4 Å². The average molecular weight is 545 g/mol. The van der Waals surface area contributed by atoms with Crippen LogP contribution in [0.2, 0.25) is 0 Å². The third-order valence-electron chi connectivity index (χ3n) is 7.35. The zero-order valence-corrected chi connectivity index (χ0v) is 22.3. The number of phenols is 1. The third-order valence-corrected chi connectivity index (χ3v) is 7.35. The Morgan fingerprint density at radius 1 is 1.02 bits per heavy atom. The molecule has 5 rings (SSSR count). The lowest BCUT2D eigenvalue weighted by atomic mass is 9.72. The number of carbonyl (C=O) groups is 1. The van der Waals surface area contributed by atoms with Gasteiger partial charge in [-0.2, -0.15) is 0 Å². The van der Waals surface area contributed by atoms with E-state index in [9.17, 15) is 19.8 Å². The van der Waals surface area contributed by atoms with Crippen LogP contribution >= 0.6 is 0 Å². The quantitative estimate of drug-likeness (QED) is 0.288. The molecule has 2 aromatic carbocycles. The van der Waals surface area contributed by atoms with Gasteiger partial charge in [0.2, 0.25) is 23.0 Å². The molecule has 1 amide bonds. The maximum atomic E-state index is 13.2. The SMILES string of the molecule is Cc1cc(=O)c(O)c(C2(CC(=O)NCCc3nnc(-c4ccccc4O)o3)CCN(Cc3ccccc3)CC2)o1. The van der Waals surface area contributed by atoms with Crippen molar-refractivity contribution in [3.63, 3.8) is 0 Å². The number of phenolic OH excluding ortho intramolecular Hbond substituents is 1. The highest BCUT2D eigenvalue weighted by molar-refractivity contribution is 5.77. The first-order valence-corrected chi connectivity index (χ1v) is 13.3. The molecule has 10 nitrogen and oxygen atoms in total. The van der Waals surface area contributed by atoms with Gasteiger partial charge in [0.05, 0.1) is 5.56 Å². The predicted octanol–water partition coefficient (Wildman–Crippen LogP) is 3.69. The molecule has 1 aliphatic rings. The normalized spacial score (nSPS) is 15.1. The first-order valence-electron chi connectivity index (χ1n) is 13.3. The molecule has 10 heteroatoms. The highest BCUT2D eigenvalue weighted by atomic mass is 16.4. The zero-order chi connectivity index (χ0) is 28.1. The number of aromatic nitrogens is 2. The summed E-state index contributed by atoms with van der Waals surface area (Å²) in [6, 6.07) is 18.1. The number of benzene rings is 2. The zero-order valence-electron chi connectivity index (χ0n) is 22.3. The van der Waals surface area contributed by atoms with Crippen LogP contribution in [-0.4, -0.2) is 50.9 Å². The number of likely N-dealkylation sites (tertiary alicyclic amines) is 1. The van der Waals surface area contributed by atoms with E-state index in [1.807, 2.05) is 18.2 Å². The summed E-state index contributed by atoms with van der Waals surface area (Å²) in [6.45, 7) is 4.05. The van der Waals surface area contributed by atoms with Crippen molar-refractivity contribution in [1.82, 2.24) is 20.4 Å². The van der Waals surface area contributed by atoms with Crippen LogP contribution in [0.25, 0.3) is 11.5 Å². The Morgan fingerprint density at radius 2 is 1.75 bits per heavy atom. The molecule has 1 aliphatic heterocycles. The van der Waals surface area contributed by atoms with E-state index in [1.54, 1.807) is 25.1 Å². The first-order chi connectivity index (χ1) is 19.3. The molecule has 4 aromatic rings. The molecule has 0 atom stereocenters. The lowest BCUT2D eigenvalue weighted by Crippen LogP contribution is -2.45. The Labute approximate surface area is 231 Å². The molecule has 2 aromatic heterocycles. The highest BCUT2D eigenvalue weighted by Gasteiger charge is 2.43. The summed E-state index contributed by atoms with van der Waals surface area (Å²) in [5, 5.41) is 31.6. The van der Waals surface area contributed by atoms with Crippen LogP contribution in [0, 0.1) is 6.92 Å². The van der Waals surface area contributed by atoms with Gasteiger partial charge in [-0.05, 0) is 50.6 Å². The van der Waals surface area contributed by atoms with E-state index in [-0.39, 0.29) is 36.3 Å². The van der Waals surface area contributed by atoms with Crippen molar-refractivity contribution in [3.05, 3.63) is 93.9 Å². The number of aromatic hydroxyl groups is 2. The molecule has 40 heavy (non-hydrogen) atoms. The number of nitrogens with one attached hydrogen (secondary N) is 1. The van der Waals surface area contributed by atoms with Crippen LogP contribution < -0.4 is 10.7 Å². The molecule has 0 bridgehead atoms. The number of piperidine rings is 1. The van der Waals surface area contributed by atoms with Crippen LogP contribution in [0.4, 0.5) is 0 Å². The van der Waals surface area contributed by atoms with Crippen molar-refractivity contribution in [2.24, 2.45) is 0 Å². The summed E-state index contributed by atoms with van der Waals surface area (Å²) < 4.78 is 11.6. The topological polar surface area (TPSA) is 142 Å². The molecule has 0 saturated carbocycles. The van der Waals surface area contributed by atoms with Gasteiger partial charge in [-0.1, -0.05) is 42.5 Å². The minimum Gasteiger partial charge on any atom is -0.507 e. The molecule has 0 spiro atoms. The Balaban J connectivity index is 1.26. The Bertz CT molecular complexity index is 1520. The fourth-order valence-electron chi connectivity index (χ4n) is 5.22. The van der Waals surface area contributed by atoms with E-state index < -0.39 is 16.6 Å². The maximum Gasteiger partial charge on any atom is 0.251 e. The van der Waals surface area contributed by atoms with Gasteiger partial charge in [-0.3, -0.25) is 14.5 Å². The highest BCUT2D eigenvalue weighted by Crippen LogP contribution is 2.42. The van der Waals surface area contributed by atoms with E-state index in [0.717, 1.165) is 6.54 Å². The van der Waals surface area contributed by atoms with Gasteiger partial charge in [0.25, 0.3) is 5.89 Å². The number of nitrogens with zero attached hydrogens (tertiary/aromatic N) is 3. The van der Waals surface area contributed by atoms with E-state index in [2.05, 4.69) is 32.5 Å². The molecular formula is C30H32N4O6. The molecule has 0 unspecified atom stereocenters. The fraction of sp³-hybridized carbons (Fsp3) is 0.333. The van der Waals surface area contributed by atoms with E-state index in [1.165, 1.54) is 17.7 Å². The Kier molecular flexibility index (Phi) is 7.97. The fourth-order valence-corrected chi connectivity index (χ4v) is 5.22. The van der Waals surface area contributed by atoms with Crippen LogP contribution in [-0.2, 0) is 23.2 Å². The lowest BCUT2D eigenvalue weighted by Gasteiger charge is -2.41. The van der Waals surface area contributed by atoms with Crippen LogP contribution in [0.3, 0.4) is 0 Å². The van der Waals surface area contributed by atoms with Crippen LogP contribution in [0.1, 0.15) is 42.2 Å². The van der Waals surface area contributed by atoms with E-state index in [0.29, 0.717) is 49.6 Å². The number of rotatable bonds is 9. The van der Waals surface area contributed by atoms with E-state index in [4.69, 9.17) is 8.83 Å². The van der Waals surface area contributed by atoms with Gasteiger partial charge in [0.1, 0.15) is 11.5 Å². The summed E-state index contributed by atoms with van der Waals surface area (Å²) in [5.41, 5.74) is 0.297. The van der Waals surface area contributed by atoms with Gasteiger partial charge < -0.3 is 24.4 Å². The third kappa shape index (κ3) is 6.07. The van der Waals surface area contributed by atoms with E-state index >= 15 is 0 Å². The number of amides is 1. The summed E-state index contributed by atoms with van der Waals surface area (Å²) in [6.07, 6.45) is 1.44. The first kappa shape index (κ1) is 27.1. The second kappa shape index (κ2) is 11.7. The van der Waals surface area contributed by atoms with Crippen LogP contribution in [0.15, 0.2) is 74.3 Å². The molecule has 0 aliphatic carbocycles. The van der Waals surface area contributed by atoms with Crippen molar-refractivity contribution < 1.29 is 23.8 Å².